The van der Waals surface area contributed by atoms with Gasteiger partial charge in [-0.3, -0.25) is 9.59 Å². The molecule has 3 atom stereocenters. The number of aryl methyl sites for hydroxylation is 1. The maximum Gasteiger partial charge on any atom is 0.321 e. The minimum absolute atomic E-state index is 0.246. The van der Waals surface area contributed by atoms with Crippen molar-refractivity contribution in [2.24, 2.45) is 0 Å². The van der Waals surface area contributed by atoms with Gasteiger partial charge in [-0.15, -0.1) is 0 Å². The minimum Gasteiger partial charge on any atom is -0.462 e. The molecular formula is C20H23ClO4P+. The molecule has 2 rings (SSSR count). The van der Waals surface area contributed by atoms with Crippen molar-refractivity contribution >= 4 is 32.5 Å². The first-order valence-corrected chi connectivity index (χ1v) is 9.09. The van der Waals surface area contributed by atoms with Crippen LogP contribution in [0.2, 0.25) is 5.02 Å². The third-order valence-corrected chi connectivity index (χ3v) is 4.31. The van der Waals surface area contributed by atoms with Gasteiger partial charge in [0.1, 0.15) is 5.92 Å². The van der Waals surface area contributed by atoms with E-state index < -0.39 is 11.9 Å². The first-order valence-electron chi connectivity index (χ1n) is 8.24. The number of halogens is 1. The van der Waals surface area contributed by atoms with Crippen LogP contribution in [0, 0.1) is 6.92 Å². The molecule has 0 heterocycles. The molecule has 3 unspecified atom stereocenters. The van der Waals surface area contributed by atoms with Gasteiger partial charge in [-0.05, 0) is 37.5 Å². The lowest BCUT2D eigenvalue weighted by Gasteiger charge is -2.19. The molecule has 6 heteroatoms. The zero-order chi connectivity index (χ0) is 19.7. The molecule has 0 amide bonds. The molecule has 0 saturated carbocycles. The highest BCUT2D eigenvalue weighted by Crippen LogP contribution is 2.29. The van der Waals surface area contributed by atoms with Crippen molar-refractivity contribution < 1.29 is 18.9 Å². The van der Waals surface area contributed by atoms with Gasteiger partial charge in [0.25, 0.3) is 0 Å². The standard InChI is InChI=1S/C20H21ClO3.H2OP/c1-4-14(3)24-20(23)18(15-10-6-5-7-11-15)19(22)17-13(2)9-8-12-16(17)21;1-2/h5-12,14,18H,4H2,1-3H3;2H2/q;+1. The normalized spacial score (nSPS) is 12.3. The molecule has 0 radical (unpaired) electrons. The number of carbonyl (C=O) groups excluding carboxylic acids is 2. The molecule has 2 aromatic rings. The fraction of sp³-hybridized carbons (Fsp3) is 0.300. The molecule has 2 aromatic carbocycles. The number of ether oxygens (including phenoxy) is 1. The summed E-state index contributed by atoms with van der Waals surface area (Å²) >= 11 is 6.22. The van der Waals surface area contributed by atoms with Crippen LogP contribution < -0.4 is 0 Å². The van der Waals surface area contributed by atoms with Gasteiger partial charge in [0.15, 0.2) is 5.78 Å². The predicted molar refractivity (Wildman–Crippen MR) is 106 cm³/mol. The van der Waals surface area contributed by atoms with E-state index in [1.165, 1.54) is 9.12 Å². The second kappa shape index (κ2) is 10.8. The van der Waals surface area contributed by atoms with Crippen molar-refractivity contribution in [3.05, 3.63) is 70.2 Å². The third kappa shape index (κ3) is 5.48. The lowest BCUT2D eigenvalue weighted by Crippen LogP contribution is -2.27. The van der Waals surface area contributed by atoms with Crippen LogP contribution in [0.3, 0.4) is 0 Å². The smallest absolute Gasteiger partial charge is 0.321 e. The number of hydrogen-bond acceptors (Lipinski definition) is 4. The number of hydrogen-bond donors (Lipinski definition) is 0. The Morgan fingerprint density at radius 2 is 1.69 bits per heavy atom. The summed E-state index contributed by atoms with van der Waals surface area (Å²) < 4.78 is 13.6. The highest BCUT2D eigenvalue weighted by atomic mass is 35.5. The highest BCUT2D eigenvalue weighted by molar-refractivity contribution is 7.00. The van der Waals surface area contributed by atoms with E-state index in [0.29, 0.717) is 22.6 Å². The van der Waals surface area contributed by atoms with Gasteiger partial charge >= 0.3 is 15.1 Å². The molecule has 26 heavy (non-hydrogen) atoms. The van der Waals surface area contributed by atoms with Crippen molar-refractivity contribution in [1.29, 1.82) is 0 Å². The Morgan fingerprint density at radius 1 is 1.08 bits per heavy atom. The van der Waals surface area contributed by atoms with E-state index in [9.17, 15) is 9.59 Å². The fourth-order valence-corrected chi connectivity index (χ4v) is 2.79. The van der Waals surface area contributed by atoms with Crippen LogP contribution >= 0.6 is 20.7 Å². The van der Waals surface area contributed by atoms with E-state index >= 15 is 0 Å². The monoisotopic (exact) mass is 393 g/mol. The zero-order valence-corrected chi connectivity index (χ0v) is 17.0. The summed E-state index contributed by atoms with van der Waals surface area (Å²) in [5.41, 5.74) is 1.72. The van der Waals surface area contributed by atoms with Gasteiger partial charge in [0.2, 0.25) is 0 Å². The zero-order valence-electron chi connectivity index (χ0n) is 15.1. The van der Waals surface area contributed by atoms with E-state index in [4.69, 9.17) is 20.9 Å². The molecular weight excluding hydrogens is 371 g/mol. The maximum atomic E-state index is 13.1. The summed E-state index contributed by atoms with van der Waals surface area (Å²) in [5, 5.41) is 0.345. The van der Waals surface area contributed by atoms with Crippen molar-refractivity contribution in [3.63, 3.8) is 0 Å². The van der Waals surface area contributed by atoms with Crippen LogP contribution in [-0.2, 0) is 14.1 Å². The van der Waals surface area contributed by atoms with Gasteiger partial charge in [0.05, 0.1) is 11.1 Å². The van der Waals surface area contributed by atoms with Gasteiger partial charge < -0.3 is 4.74 Å². The Balaban J connectivity index is 0.00000163. The second-order valence-corrected chi connectivity index (χ2v) is 6.20. The average molecular weight is 394 g/mol. The molecule has 4 nitrogen and oxygen atoms in total. The summed E-state index contributed by atoms with van der Waals surface area (Å²) in [5.74, 6) is -1.89. The van der Waals surface area contributed by atoms with Crippen LogP contribution in [-0.4, -0.2) is 17.9 Å². The molecule has 138 valence electrons. The minimum atomic E-state index is -1.01. The number of rotatable bonds is 6. The van der Waals surface area contributed by atoms with Gasteiger partial charge in [-0.25, -0.2) is 0 Å². The van der Waals surface area contributed by atoms with Crippen molar-refractivity contribution in [1.82, 2.24) is 0 Å². The SMILES string of the molecule is CCC(C)OC(=O)C(C(=O)c1c(C)cccc1Cl)c1ccccc1.O=[PH2+]. The number of ketones is 1. The number of benzene rings is 2. The molecule has 0 aliphatic rings. The number of carbonyl (C=O) groups is 2. The third-order valence-electron chi connectivity index (χ3n) is 3.99. The molecule has 0 saturated heterocycles. The molecule has 0 bridgehead atoms. The topological polar surface area (TPSA) is 60.4 Å². The maximum absolute atomic E-state index is 13.1. The summed E-state index contributed by atoms with van der Waals surface area (Å²) in [6.45, 7) is 5.54. The Morgan fingerprint density at radius 3 is 2.23 bits per heavy atom. The molecule has 0 N–H and O–H groups in total. The summed E-state index contributed by atoms with van der Waals surface area (Å²) in [7, 11) is 1.17. The Labute approximate surface area is 161 Å². The average Bonchev–Trinajstić information content (AvgIpc) is 2.64. The van der Waals surface area contributed by atoms with Crippen LogP contribution in [0.4, 0.5) is 0 Å². The van der Waals surface area contributed by atoms with Crippen LogP contribution in [0.1, 0.15) is 47.7 Å². The van der Waals surface area contributed by atoms with Gasteiger partial charge in [-0.2, -0.15) is 0 Å². The first kappa shape index (κ1) is 22.0. The van der Waals surface area contributed by atoms with Gasteiger partial charge in [-0.1, -0.05) is 65.6 Å². The van der Waals surface area contributed by atoms with Crippen molar-refractivity contribution in [3.8, 4) is 0 Å². The molecule has 0 aromatic heterocycles. The quantitative estimate of drug-likeness (QED) is 0.294. The first-order chi connectivity index (χ1) is 12.5. The Bertz CT molecular complexity index is 728. The van der Waals surface area contributed by atoms with Crippen LogP contribution in [0.25, 0.3) is 0 Å². The molecule has 0 aliphatic carbocycles. The summed E-state index contributed by atoms with van der Waals surface area (Å²) in [6, 6.07) is 14.2. The van der Waals surface area contributed by atoms with E-state index in [1.807, 2.05) is 19.9 Å². The number of esters is 1. The lowest BCUT2D eigenvalue weighted by molar-refractivity contribution is -0.148. The van der Waals surface area contributed by atoms with Crippen molar-refractivity contribution in [2.45, 2.75) is 39.2 Å². The van der Waals surface area contributed by atoms with E-state index in [-0.39, 0.29) is 11.9 Å². The Hall–Kier alpha value is -2.03. The summed E-state index contributed by atoms with van der Waals surface area (Å²) in [4.78, 5) is 25.8. The largest absolute Gasteiger partial charge is 0.462 e. The number of Topliss-reactive ketones (excluding diaryl/α,β-unsaturated/α-hetero) is 1. The molecule has 0 fully saturated rings. The van der Waals surface area contributed by atoms with E-state index in [1.54, 1.807) is 49.4 Å². The fourth-order valence-electron chi connectivity index (χ4n) is 2.48. The van der Waals surface area contributed by atoms with E-state index in [2.05, 4.69) is 0 Å². The van der Waals surface area contributed by atoms with Crippen molar-refractivity contribution in [2.75, 3.05) is 0 Å². The molecule has 0 aliphatic heterocycles. The van der Waals surface area contributed by atoms with E-state index in [0.717, 1.165) is 5.56 Å². The Kier molecular flexibility index (Phi) is 9.18. The molecule has 0 spiro atoms. The predicted octanol–water partition coefficient (Wildman–Crippen LogP) is 5.16. The second-order valence-electron chi connectivity index (χ2n) is 5.80. The lowest BCUT2D eigenvalue weighted by atomic mass is 9.89. The van der Waals surface area contributed by atoms with Gasteiger partial charge in [0, 0.05) is 5.56 Å². The van der Waals surface area contributed by atoms with Crippen LogP contribution in [0.5, 0.6) is 0 Å². The van der Waals surface area contributed by atoms with Crippen LogP contribution in [0.15, 0.2) is 48.5 Å². The highest BCUT2D eigenvalue weighted by Gasteiger charge is 2.33. The summed E-state index contributed by atoms with van der Waals surface area (Å²) in [6.07, 6.45) is 0.441.